The molecular formula is C17H17ClN4OS. The number of piperazine rings is 1. The minimum Gasteiger partial charge on any atom is -0.369 e. The van der Waals surface area contributed by atoms with Gasteiger partial charge in [-0.2, -0.15) is 5.26 Å². The Morgan fingerprint density at radius 1 is 1.29 bits per heavy atom. The summed E-state index contributed by atoms with van der Waals surface area (Å²) in [5.74, 6) is -0.0786. The van der Waals surface area contributed by atoms with Crippen LogP contribution in [0.3, 0.4) is 0 Å². The molecule has 0 aliphatic carbocycles. The second-order valence-corrected chi connectivity index (χ2v) is 6.92. The lowest BCUT2D eigenvalue weighted by Crippen LogP contribution is -2.48. The van der Waals surface area contributed by atoms with E-state index in [4.69, 9.17) is 16.9 Å². The van der Waals surface area contributed by atoms with Gasteiger partial charge in [-0.15, -0.1) is 11.3 Å². The van der Waals surface area contributed by atoms with Crippen molar-refractivity contribution in [2.45, 2.75) is 0 Å². The lowest BCUT2D eigenvalue weighted by atomic mass is 10.2. The number of amides is 1. The first kappa shape index (κ1) is 16.8. The van der Waals surface area contributed by atoms with E-state index in [0.717, 1.165) is 36.9 Å². The number of thiophene rings is 1. The van der Waals surface area contributed by atoms with Crippen LogP contribution in [0.15, 0.2) is 35.7 Å². The molecule has 3 rings (SSSR count). The van der Waals surface area contributed by atoms with Gasteiger partial charge in [0.1, 0.15) is 11.1 Å². The van der Waals surface area contributed by atoms with Crippen LogP contribution >= 0.6 is 22.9 Å². The van der Waals surface area contributed by atoms with E-state index in [1.54, 1.807) is 11.4 Å². The molecular weight excluding hydrogens is 344 g/mol. The number of hydrogen-bond donors (Lipinski definition) is 1. The van der Waals surface area contributed by atoms with Gasteiger partial charge in [0.15, 0.2) is 0 Å². The fourth-order valence-electron chi connectivity index (χ4n) is 2.70. The molecule has 0 bridgehead atoms. The molecule has 5 nitrogen and oxygen atoms in total. The molecule has 124 valence electrons. The van der Waals surface area contributed by atoms with Gasteiger partial charge in [0.25, 0.3) is 0 Å². The summed E-state index contributed by atoms with van der Waals surface area (Å²) in [6.45, 7) is 3.68. The molecule has 1 aromatic heterocycles. The number of benzene rings is 1. The molecule has 1 aliphatic heterocycles. The minimum atomic E-state index is -0.0786. The highest BCUT2D eigenvalue weighted by atomic mass is 35.5. The van der Waals surface area contributed by atoms with Crippen molar-refractivity contribution in [3.63, 3.8) is 0 Å². The SMILES string of the molecule is N#Cc1ccsc1NC(=O)CN1CCN(c2cccc(Cl)c2)CC1. The lowest BCUT2D eigenvalue weighted by molar-refractivity contribution is -0.117. The van der Waals surface area contributed by atoms with Crippen LogP contribution in [-0.2, 0) is 4.79 Å². The van der Waals surface area contributed by atoms with Gasteiger partial charge < -0.3 is 10.2 Å². The summed E-state index contributed by atoms with van der Waals surface area (Å²) >= 11 is 7.41. The highest BCUT2D eigenvalue weighted by Crippen LogP contribution is 2.23. The first-order valence-electron chi connectivity index (χ1n) is 7.66. The molecule has 1 N–H and O–H groups in total. The number of nitrogens with zero attached hydrogens (tertiary/aromatic N) is 3. The van der Waals surface area contributed by atoms with Gasteiger partial charge >= 0.3 is 0 Å². The highest BCUT2D eigenvalue weighted by molar-refractivity contribution is 7.14. The number of anilines is 2. The molecule has 1 aliphatic rings. The van der Waals surface area contributed by atoms with Crippen LogP contribution in [0.4, 0.5) is 10.7 Å². The third-order valence-corrected chi connectivity index (χ3v) is 5.02. The molecule has 0 saturated carbocycles. The predicted molar refractivity (Wildman–Crippen MR) is 97.8 cm³/mol. The van der Waals surface area contributed by atoms with Crippen LogP contribution in [0.2, 0.25) is 5.02 Å². The van der Waals surface area contributed by atoms with E-state index in [0.29, 0.717) is 17.1 Å². The van der Waals surface area contributed by atoms with E-state index in [2.05, 4.69) is 27.3 Å². The van der Waals surface area contributed by atoms with Gasteiger partial charge in [0, 0.05) is 36.9 Å². The van der Waals surface area contributed by atoms with Crippen LogP contribution in [0.5, 0.6) is 0 Å². The molecule has 0 atom stereocenters. The summed E-state index contributed by atoms with van der Waals surface area (Å²) in [6, 6.07) is 11.6. The summed E-state index contributed by atoms with van der Waals surface area (Å²) in [4.78, 5) is 16.5. The van der Waals surface area contributed by atoms with Crippen molar-refractivity contribution in [3.8, 4) is 6.07 Å². The van der Waals surface area contributed by atoms with Gasteiger partial charge in [-0.05, 0) is 29.6 Å². The number of nitriles is 1. The maximum atomic E-state index is 12.2. The summed E-state index contributed by atoms with van der Waals surface area (Å²) in [5, 5.41) is 15.0. The number of carbonyl (C=O) groups excluding carboxylic acids is 1. The van der Waals surface area contributed by atoms with E-state index in [1.807, 2.05) is 18.2 Å². The molecule has 1 fully saturated rings. The van der Waals surface area contributed by atoms with E-state index in [9.17, 15) is 4.79 Å². The molecule has 24 heavy (non-hydrogen) atoms. The standard InChI is InChI=1S/C17H17ClN4OS/c18-14-2-1-3-15(10-14)22-7-5-21(6-8-22)12-16(23)20-17-13(11-19)4-9-24-17/h1-4,9-10H,5-8,12H2,(H,20,23). The average molecular weight is 361 g/mol. The quantitative estimate of drug-likeness (QED) is 0.910. The van der Waals surface area contributed by atoms with E-state index in [1.165, 1.54) is 11.3 Å². The summed E-state index contributed by atoms with van der Waals surface area (Å²) in [5.41, 5.74) is 1.63. The third-order valence-electron chi connectivity index (χ3n) is 3.95. The topological polar surface area (TPSA) is 59.4 Å². The molecule has 0 radical (unpaired) electrons. The Kier molecular flexibility index (Phi) is 5.36. The Morgan fingerprint density at radius 3 is 2.79 bits per heavy atom. The zero-order valence-corrected chi connectivity index (χ0v) is 14.6. The fourth-order valence-corrected chi connectivity index (χ4v) is 3.64. The fraction of sp³-hybridized carbons (Fsp3) is 0.294. The number of rotatable bonds is 4. The van der Waals surface area contributed by atoms with Crippen molar-refractivity contribution >= 4 is 39.5 Å². The molecule has 1 amide bonds. The zero-order chi connectivity index (χ0) is 16.9. The Hall–Kier alpha value is -2.07. The molecule has 2 heterocycles. The number of hydrogen-bond acceptors (Lipinski definition) is 5. The second kappa shape index (κ2) is 7.67. The Labute approximate surface area is 150 Å². The van der Waals surface area contributed by atoms with Crippen LogP contribution in [0.1, 0.15) is 5.56 Å². The van der Waals surface area contributed by atoms with E-state index < -0.39 is 0 Å². The third kappa shape index (κ3) is 4.06. The Balaban J connectivity index is 1.50. The van der Waals surface area contributed by atoms with Crippen LogP contribution in [0, 0.1) is 11.3 Å². The van der Waals surface area contributed by atoms with E-state index in [-0.39, 0.29) is 5.91 Å². The van der Waals surface area contributed by atoms with Crippen molar-refractivity contribution in [2.24, 2.45) is 0 Å². The van der Waals surface area contributed by atoms with Gasteiger partial charge in [-0.1, -0.05) is 17.7 Å². The zero-order valence-electron chi connectivity index (χ0n) is 13.0. The maximum Gasteiger partial charge on any atom is 0.239 e. The van der Waals surface area contributed by atoms with Gasteiger partial charge in [-0.25, -0.2) is 0 Å². The van der Waals surface area contributed by atoms with Crippen molar-refractivity contribution in [1.29, 1.82) is 5.26 Å². The number of halogens is 1. The predicted octanol–water partition coefficient (Wildman–Crippen LogP) is 3.03. The molecule has 0 spiro atoms. The Morgan fingerprint density at radius 2 is 2.08 bits per heavy atom. The van der Waals surface area contributed by atoms with Crippen molar-refractivity contribution in [1.82, 2.24) is 4.90 Å². The molecule has 2 aromatic rings. The summed E-state index contributed by atoms with van der Waals surface area (Å²) in [6.07, 6.45) is 0. The molecule has 1 aromatic carbocycles. The highest BCUT2D eigenvalue weighted by Gasteiger charge is 2.20. The van der Waals surface area contributed by atoms with Crippen LogP contribution in [0.25, 0.3) is 0 Å². The largest absolute Gasteiger partial charge is 0.369 e. The number of nitrogens with one attached hydrogen (secondary N) is 1. The van der Waals surface area contributed by atoms with Crippen molar-refractivity contribution in [3.05, 3.63) is 46.3 Å². The lowest BCUT2D eigenvalue weighted by Gasteiger charge is -2.35. The monoisotopic (exact) mass is 360 g/mol. The average Bonchev–Trinajstić information content (AvgIpc) is 3.02. The molecule has 7 heteroatoms. The Bertz CT molecular complexity index is 762. The first-order chi connectivity index (χ1) is 11.7. The van der Waals surface area contributed by atoms with Crippen LogP contribution in [-0.4, -0.2) is 43.5 Å². The van der Waals surface area contributed by atoms with Gasteiger partial charge in [0.05, 0.1) is 12.1 Å². The maximum absolute atomic E-state index is 12.2. The van der Waals surface area contributed by atoms with E-state index >= 15 is 0 Å². The van der Waals surface area contributed by atoms with Gasteiger partial charge in [-0.3, -0.25) is 9.69 Å². The first-order valence-corrected chi connectivity index (χ1v) is 8.92. The normalized spacial score (nSPS) is 15.1. The summed E-state index contributed by atoms with van der Waals surface area (Å²) in [7, 11) is 0. The summed E-state index contributed by atoms with van der Waals surface area (Å²) < 4.78 is 0. The smallest absolute Gasteiger partial charge is 0.239 e. The molecule has 0 unspecified atom stereocenters. The number of carbonyl (C=O) groups is 1. The van der Waals surface area contributed by atoms with Gasteiger partial charge in [0.2, 0.25) is 5.91 Å². The second-order valence-electron chi connectivity index (χ2n) is 5.57. The van der Waals surface area contributed by atoms with Crippen LogP contribution < -0.4 is 10.2 Å². The van der Waals surface area contributed by atoms with Crippen molar-refractivity contribution < 1.29 is 4.79 Å². The van der Waals surface area contributed by atoms with Crippen molar-refractivity contribution in [2.75, 3.05) is 42.9 Å². The minimum absolute atomic E-state index is 0.0786. The molecule has 1 saturated heterocycles.